The van der Waals surface area contributed by atoms with Crippen LogP contribution in [-0.4, -0.2) is 58.3 Å². The molecule has 37 heavy (non-hydrogen) atoms. The number of halogens is 1. The predicted octanol–water partition coefficient (Wildman–Crippen LogP) is 6.22. The standard InChI is InChI=1S/C32H32ClN3O/c33-26-16-14-25(15-17-26)32(24-8-2-1-3-9-24)35-20-18-34(19-21-35)22-27(37)23-36-30-12-6-4-10-28(30)29-11-5-7-13-31(29)36/h1-17,27,32,37H,18-23H2/t27-,32+/m0/s1. The number of nitrogens with zero attached hydrogens (tertiary/aromatic N) is 3. The van der Waals surface area contributed by atoms with Gasteiger partial charge >= 0.3 is 0 Å². The van der Waals surface area contributed by atoms with Gasteiger partial charge in [-0.1, -0.05) is 90.5 Å². The number of aromatic nitrogens is 1. The van der Waals surface area contributed by atoms with Gasteiger partial charge in [-0.25, -0.2) is 0 Å². The van der Waals surface area contributed by atoms with Crippen molar-refractivity contribution in [1.82, 2.24) is 14.4 Å². The average molecular weight is 510 g/mol. The fourth-order valence-corrected chi connectivity index (χ4v) is 5.99. The molecule has 0 unspecified atom stereocenters. The molecule has 5 aromatic rings. The Labute approximate surface area is 223 Å². The Kier molecular flexibility index (Phi) is 6.99. The van der Waals surface area contributed by atoms with Crippen molar-refractivity contribution in [3.05, 3.63) is 119 Å². The molecule has 0 saturated carbocycles. The van der Waals surface area contributed by atoms with E-state index in [1.165, 1.54) is 32.9 Å². The molecule has 0 radical (unpaired) electrons. The average Bonchev–Trinajstić information content (AvgIpc) is 3.25. The summed E-state index contributed by atoms with van der Waals surface area (Å²) in [4.78, 5) is 4.95. The zero-order chi connectivity index (χ0) is 25.2. The van der Waals surface area contributed by atoms with Gasteiger partial charge in [0.25, 0.3) is 0 Å². The summed E-state index contributed by atoms with van der Waals surface area (Å²) in [5.41, 5.74) is 4.92. The lowest BCUT2D eigenvalue weighted by Crippen LogP contribution is -2.50. The van der Waals surface area contributed by atoms with Gasteiger partial charge in [0.2, 0.25) is 0 Å². The number of rotatable bonds is 7. The zero-order valence-corrected chi connectivity index (χ0v) is 21.6. The van der Waals surface area contributed by atoms with Crippen LogP contribution in [0.2, 0.25) is 5.02 Å². The van der Waals surface area contributed by atoms with E-state index in [-0.39, 0.29) is 6.04 Å². The molecule has 4 nitrogen and oxygen atoms in total. The second-order valence-electron chi connectivity index (χ2n) is 10.0. The van der Waals surface area contributed by atoms with Gasteiger partial charge in [0.15, 0.2) is 0 Å². The van der Waals surface area contributed by atoms with Crippen molar-refractivity contribution in [1.29, 1.82) is 0 Å². The van der Waals surface area contributed by atoms with E-state index >= 15 is 0 Å². The number of hydrogen-bond acceptors (Lipinski definition) is 3. The highest BCUT2D eigenvalue weighted by Gasteiger charge is 2.27. The van der Waals surface area contributed by atoms with E-state index in [1.54, 1.807) is 0 Å². The van der Waals surface area contributed by atoms with Gasteiger partial charge < -0.3 is 9.67 Å². The predicted molar refractivity (Wildman–Crippen MR) is 153 cm³/mol. The second-order valence-corrected chi connectivity index (χ2v) is 10.4. The molecule has 1 fully saturated rings. The number of β-amino-alcohol motifs (C(OH)–C–C–N with tert-alkyl or cyclic N) is 1. The van der Waals surface area contributed by atoms with Crippen LogP contribution in [0, 0.1) is 0 Å². The lowest BCUT2D eigenvalue weighted by Gasteiger charge is -2.40. The molecule has 2 atom stereocenters. The van der Waals surface area contributed by atoms with E-state index in [2.05, 4.69) is 105 Å². The minimum atomic E-state index is -0.438. The molecule has 5 heteroatoms. The third-order valence-corrected chi connectivity index (χ3v) is 7.87. The summed E-state index contributed by atoms with van der Waals surface area (Å²) >= 11 is 6.19. The molecule has 1 aliphatic rings. The maximum atomic E-state index is 11.2. The first-order valence-corrected chi connectivity index (χ1v) is 13.5. The molecule has 2 heterocycles. The Morgan fingerprint density at radius 3 is 1.78 bits per heavy atom. The largest absolute Gasteiger partial charge is 0.390 e. The number of aliphatic hydroxyl groups excluding tert-OH is 1. The zero-order valence-electron chi connectivity index (χ0n) is 20.9. The summed E-state index contributed by atoms with van der Waals surface area (Å²) in [5.74, 6) is 0. The molecule has 1 aliphatic heterocycles. The molecule has 188 valence electrons. The molecule has 0 bridgehead atoms. The van der Waals surface area contributed by atoms with Crippen LogP contribution in [0.4, 0.5) is 0 Å². The van der Waals surface area contributed by atoms with Gasteiger partial charge in [0.1, 0.15) is 0 Å². The Balaban J connectivity index is 1.15. The van der Waals surface area contributed by atoms with Crippen molar-refractivity contribution in [2.24, 2.45) is 0 Å². The third kappa shape index (κ3) is 5.03. The van der Waals surface area contributed by atoms with Crippen molar-refractivity contribution in [2.75, 3.05) is 32.7 Å². The summed E-state index contributed by atoms with van der Waals surface area (Å²) in [5, 5.41) is 14.4. The summed E-state index contributed by atoms with van der Waals surface area (Å²) < 4.78 is 2.28. The van der Waals surface area contributed by atoms with Crippen LogP contribution in [-0.2, 0) is 6.54 Å². The van der Waals surface area contributed by atoms with Crippen molar-refractivity contribution in [3.8, 4) is 0 Å². The van der Waals surface area contributed by atoms with Crippen LogP contribution in [0.15, 0.2) is 103 Å². The number of para-hydroxylation sites is 2. The summed E-state index contributed by atoms with van der Waals surface area (Å²) in [6, 6.07) is 36.1. The first-order valence-electron chi connectivity index (χ1n) is 13.1. The molecule has 0 amide bonds. The number of hydrogen-bond donors (Lipinski definition) is 1. The topological polar surface area (TPSA) is 31.6 Å². The molecular weight excluding hydrogens is 478 g/mol. The maximum absolute atomic E-state index is 11.2. The van der Waals surface area contributed by atoms with Crippen LogP contribution in [0.1, 0.15) is 17.2 Å². The van der Waals surface area contributed by atoms with Crippen molar-refractivity contribution < 1.29 is 5.11 Å². The van der Waals surface area contributed by atoms with E-state index in [0.717, 1.165) is 31.2 Å². The van der Waals surface area contributed by atoms with Crippen LogP contribution in [0.3, 0.4) is 0 Å². The number of piperazine rings is 1. The van der Waals surface area contributed by atoms with Gasteiger partial charge in [-0.15, -0.1) is 0 Å². The fraction of sp³-hybridized carbons (Fsp3) is 0.250. The maximum Gasteiger partial charge on any atom is 0.0845 e. The smallest absolute Gasteiger partial charge is 0.0845 e. The highest BCUT2D eigenvalue weighted by molar-refractivity contribution is 6.30. The van der Waals surface area contributed by atoms with Crippen LogP contribution in [0.25, 0.3) is 21.8 Å². The Morgan fingerprint density at radius 2 is 1.16 bits per heavy atom. The van der Waals surface area contributed by atoms with Gasteiger partial charge in [-0.05, 0) is 35.4 Å². The van der Waals surface area contributed by atoms with Crippen molar-refractivity contribution in [3.63, 3.8) is 0 Å². The molecular formula is C32H32ClN3O. The summed E-state index contributed by atoms with van der Waals surface area (Å²) in [7, 11) is 0. The third-order valence-electron chi connectivity index (χ3n) is 7.62. The van der Waals surface area contributed by atoms with E-state index in [9.17, 15) is 5.11 Å². The Morgan fingerprint density at radius 1 is 0.622 bits per heavy atom. The lowest BCUT2D eigenvalue weighted by molar-refractivity contribution is 0.0565. The number of benzene rings is 4. The minimum absolute atomic E-state index is 0.197. The Bertz CT molecular complexity index is 1420. The molecule has 1 N–H and O–H groups in total. The van der Waals surface area contributed by atoms with Crippen LogP contribution >= 0.6 is 11.6 Å². The van der Waals surface area contributed by atoms with E-state index < -0.39 is 6.10 Å². The number of aliphatic hydroxyl groups is 1. The van der Waals surface area contributed by atoms with Crippen LogP contribution in [0.5, 0.6) is 0 Å². The molecule has 4 aromatic carbocycles. The molecule has 1 saturated heterocycles. The SMILES string of the molecule is O[C@@H](CN1CCN([C@H](c2ccccc2)c2ccc(Cl)cc2)CC1)Cn1c2ccccc2c2ccccc21. The van der Waals surface area contributed by atoms with Gasteiger partial charge in [0, 0.05) is 59.6 Å². The van der Waals surface area contributed by atoms with Crippen molar-refractivity contribution in [2.45, 2.75) is 18.7 Å². The minimum Gasteiger partial charge on any atom is -0.390 e. The van der Waals surface area contributed by atoms with Gasteiger partial charge in [0.05, 0.1) is 18.7 Å². The van der Waals surface area contributed by atoms with Gasteiger partial charge in [-0.2, -0.15) is 0 Å². The fourth-order valence-electron chi connectivity index (χ4n) is 5.87. The monoisotopic (exact) mass is 509 g/mol. The van der Waals surface area contributed by atoms with Crippen molar-refractivity contribution >= 4 is 33.4 Å². The summed E-state index contributed by atoms with van der Waals surface area (Å²) in [6.07, 6.45) is -0.438. The molecule has 6 rings (SSSR count). The first kappa shape index (κ1) is 24.2. The highest BCUT2D eigenvalue weighted by Crippen LogP contribution is 2.31. The molecule has 0 aliphatic carbocycles. The van der Waals surface area contributed by atoms with Crippen LogP contribution < -0.4 is 0 Å². The quantitative estimate of drug-likeness (QED) is 0.283. The number of fused-ring (bicyclic) bond motifs is 3. The van der Waals surface area contributed by atoms with Gasteiger partial charge in [-0.3, -0.25) is 9.80 Å². The Hall–Kier alpha value is -3.15. The van der Waals surface area contributed by atoms with E-state index in [0.29, 0.717) is 13.1 Å². The summed E-state index contributed by atoms with van der Waals surface area (Å²) in [6.45, 7) is 5.02. The highest BCUT2D eigenvalue weighted by atomic mass is 35.5. The molecule has 1 aromatic heterocycles. The molecule has 0 spiro atoms. The van der Waals surface area contributed by atoms with E-state index in [1.807, 2.05) is 12.1 Å². The van der Waals surface area contributed by atoms with E-state index in [4.69, 9.17) is 11.6 Å². The first-order chi connectivity index (χ1) is 18.2. The normalized spacial score (nSPS) is 16.8. The lowest BCUT2D eigenvalue weighted by atomic mass is 9.96. The second kappa shape index (κ2) is 10.7.